The van der Waals surface area contributed by atoms with Gasteiger partial charge in [-0.05, 0) is 128 Å². The van der Waals surface area contributed by atoms with Crippen LogP contribution in [0.15, 0.2) is 11.6 Å². The first-order valence-corrected chi connectivity index (χ1v) is 14.2. The summed E-state index contributed by atoms with van der Waals surface area (Å²) in [4.78, 5) is 0. The van der Waals surface area contributed by atoms with Crippen LogP contribution < -0.4 is 0 Å². The summed E-state index contributed by atoms with van der Waals surface area (Å²) < 4.78 is 0. The summed E-state index contributed by atoms with van der Waals surface area (Å²) in [6.45, 7) is 19.8. The van der Waals surface area contributed by atoms with E-state index < -0.39 is 0 Å². The first kappa shape index (κ1) is 23.4. The normalized spacial score (nSPS) is 52.6. The largest absolute Gasteiger partial charge is 0.393 e. The van der Waals surface area contributed by atoms with Crippen molar-refractivity contribution < 1.29 is 5.11 Å². The molecule has 5 rings (SSSR count). The molecule has 0 aliphatic heterocycles. The second kappa shape index (κ2) is 7.11. The quantitative estimate of drug-likeness (QED) is 0.435. The first-order valence-electron chi connectivity index (χ1n) is 14.2. The number of allylic oxidation sites excluding steroid dienone is 2. The van der Waals surface area contributed by atoms with Crippen molar-refractivity contribution in [3.63, 3.8) is 0 Å². The molecular weight excluding hydrogens is 388 g/mol. The lowest BCUT2D eigenvalue weighted by molar-refractivity contribution is -0.161. The molecule has 1 nitrogen and oxygen atoms in total. The molecule has 0 aromatic rings. The van der Waals surface area contributed by atoms with Gasteiger partial charge < -0.3 is 5.11 Å². The van der Waals surface area contributed by atoms with Crippen LogP contribution in [-0.2, 0) is 0 Å². The van der Waals surface area contributed by atoms with Gasteiger partial charge in [0.05, 0.1) is 6.10 Å². The van der Waals surface area contributed by atoms with E-state index in [0.717, 1.165) is 30.1 Å². The minimum absolute atomic E-state index is 0.0872. The Labute approximate surface area is 199 Å². The minimum atomic E-state index is -0.0872. The maximum atomic E-state index is 10.9. The van der Waals surface area contributed by atoms with Gasteiger partial charge in [0.1, 0.15) is 0 Å². The molecule has 5 aliphatic rings. The highest BCUT2D eigenvalue weighted by atomic mass is 16.3. The summed E-state index contributed by atoms with van der Waals surface area (Å²) in [6, 6.07) is 0. The Hall–Kier alpha value is -0.300. The van der Waals surface area contributed by atoms with E-state index in [2.05, 4.69) is 61.5 Å². The average molecular weight is 441 g/mol. The Kier molecular flexibility index (Phi) is 5.21. The molecule has 0 saturated heterocycles. The summed E-state index contributed by atoms with van der Waals surface area (Å²) in [7, 11) is 0. The SMILES string of the molecule is C/C(=C\C[C@@H](C)C1CC[C@@]2(C)C3CCC4C(C)(C)[C@@H](O)CC[C@@]45C[C@@]35CC[C@]12C)C(C)C. The van der Waals surface area contributed by atoms with Crippen LogP contribution in [0.4, 0.5) is 0 Å². The van der Waals surface area contributed by atoms with Gasteiger partial charge in [-0.1, -0.05) is 60.1 Å². The lowest BCUT2D eigenvalue weighted by Crippen LogP contribution is -2.57. The Morgan fingerprint density at radius 1 is 0.844 bits per heavy atom. The monoisotopic (exact) mass is 440 g/mol. The van der Waals surface area contributed by atoms with Crippen LogP contribution in [0.5, 0.6) is 0 Å². The van der Waals surface area contributed by atoms with Crippen LogP contribution in [0.3, 0.4) is 0 Å². The Morgan fingerprint density at radius 2 is 1.50 bits per heavy atom. The number of hydrogen-bond acceptors (Lipinski definition) is 1. The summed E-state index contributed by atoms with van der Waals surface area (Å²) in [5.74, 6) is 4.06. The maximum absolute atomic E-state index is 10.9. The first-order chi connectivity index (χ1) is 14.9. The molecule has 5 aliphatic carbocycles. The van der Waals surface area contributed by atoms with Crippen LogP contribution in [-0.4, -0.2) is 11.2 Å². The minimum Gasteiger partial charge on any atom is -0.393 e. The summed E-state index contributed by atoms with van der Waals surface area (Å²) in [5.41, 5.74) is 3.92. The van der Waals surface area contributed by atoms with E-state index >= 15 is 0 Å². The number of aliphatic hydroxyl groups is 1. The number of rotatable bonds is 4. The smallest absolute Gasteiger partial charge is 0.0594 e. The zero-order chi connectivity index (χ0) is 23.3. The summed E-state index contributed by atoms with van der Waals surface area (Å²) >= 11 is 0. The third-order valence-corrected chi connectivity index (χ3v) is 13.6. The fraction of sp³-hybridized carbons (Fsp3) is 0.935. The lowest BCUT2D eigenvalue weighted by atomic mass is 9.41. The molecule has 5 saturated carbocycles. The van der Waals surface area contributed by atoms with Crippen molar-refractivity contribution in [2.24, 2.45) is 56.7 Å². The van der Waals surface area contributed by atoms with Crippen LogP contribution in [0, 0.1) is 56.7 Å². The van der Waals surface area contributed by atoms with Gasteiger partial charge in [-0.3, -0.25) is 0 Å². The zero-order valence-corrected chi connectivity index (χ0v) is 22.6. The molecule has 2 spiro atoms. The van der Waals surface area contributed by atoms with E-state index in [1.807, 2.05) is 0 Å². The van der Waals surface area contributed by atoms with Gasteiger partial charge >= 0.3 is 0 Å². The number of fused-ring (bicyclic) bond motifs is 2. The van der Waals surface area contributed by atoms with E-state index in [0.29, 0.717) is 27.6 Å². The lowest BCUT2D eigenvalue weighted by Gasteiger charge is -2.63. The molecule has 1 N–H and O–H groups in total. The molecule has 5 fully saturated rings. The van der Waals surface area contributed by atoms with Gasteiger partial charge in [0.15, 0.2) is 0 Å². The van der Waals surface area contributed by atoms with Crippen molar-refractivity contribution in [2.75, 3.05) is 0 Å². The summed E-state index contributed by atoms with van der Waals surface area (Å²) in [5, 5.41) is 10.9. The predicted molar refractivity (Wildman–Crippen MR) is 135 cm³/mol. The second-order valence-electron chi connectivity index (χ2n) is 14.8. The van der Waals surface area contributed by atoms with Crippen LogP contribution in [0.1, 0.15) is 120 Å². The third-order valence-electron chi connectivity index (χ3n) is 13.6. The van der Waals surface area contributed by atoms with Crippen LogP contribution in [0.25, 0.3) is 0 Å². The van der Waals surface area contributed by atoms with E-state index in [-0.39, 0.29) is 11.5 Å². The highest BCUT2D eigenvalue weighted by molar-refractivity contribution is 5.30. The van der Waals surface area contributed by atoms with Crippen molar-refractivity contribution in [1.82, 2.24) is 0 Å². The molecule has 0 aromatic carbocycles. The van der Waals surface area contributed by atoms with Gasteiger partial charge in [-0.2, -0.15) is 0 Å². The second-order valence-corrected chi connectivity index (χ2v) is 14.8. The van der Waals surface area contributed by atoms with Gasteiger partial charge in [-0.25, -0.2) is 0 Å². The zero-order valence-electron chi connectivity index (χ0n) is 22.6. The van der Waals surface area contributed by atoms with Crippen molar-refractivity contribution in [2.45, 2.75) is 126 Å². The summed E-state index contributed by atoms with van der Waals surface area (Å²) in [6.07, 6.45) is 16.3. The Morgan fingerprint density at radius 3 is 2.19 bits per heavy atom. The van der Waals surface area contributed by atoms with Crippen molar-refractivity contribution in [3.8, 4) is 0 Å². The maximum Gasteiger partial charge on any atom is 0.0594 e. The fourth-order valence-electron chi connectivity index (χ4n) is 11.1. The topological polar surface area (TPSA) is 20.2 Å². The van der Waals surface area contributed by atoms with Gasteiger partial charge in [-0.15, -0.1) is 0 Å². The van der Waals surface area contributed by atoms with Crippen LogP contribution in [0.2, 0.25) is 0 Å². The molecule has 182 valence electrons. The molecule has 32 heavy (non-hydrogen) atoms. The standard InChI is InChI=1S/C31H52O/c1-20(2)21(3)9-10-22(4)23-13-15-29(8)25-12-11-24-27(5,6)26(32)14-16-30(24)19-31(25,30)18-17-28(23,29)7/h9,20,22-26,32H,10-19H2,1-8H3/b21-9+/t22-,23?,24?,25?,26+,28-,29+,30-,31+/m1/s1. The van der Waals surface area contributed by atoms with Crippen molar-refractivity contribution in [1.29, 1.82) is 0 Å². The fourth-order valence-corrected chi connectivity index (χ4v) is 11.1. The highest BCUT2D eigenvalue weighted by Gasteiger charge is 2.82. The molecule has 0 aromatic heterocycles. The molecule has 0 amide bonds. The molecule has 0 bridgehead atoms. The predicted octanol–water partition coefficient (Wildman–Crippen LogP) is 8.41. The van der Waals surface area contributed by atoms with E-state index in [9.17, 15) is 5.11 Å². The average Bonchev–Trinajstić information content (AvgIpc) is 3.31. The van der Waals surface area contributed by atoms with Crippen LogP contribution >= 0.6 is 0 Å². The van der Waals surface area contributed by atoms with Gasteiger partial charge in [0.2, 0.25) is 0 Å². The molecule has 3 unspecified atom stereocenters. The van der Waals surface area contributed by atoms with Gasteiger partial charge in [0.25, 0.3) is 0 Å². The third kappa shape index (κ3) is 2.73. The Balaban J connectivity index is 1.41. The number of hydrogen-bond donors (Lipinski definition) is 1. The van der Waals surface area contributed by atoms with Crippen molar-refractivity contribution in [3.05, 3.63) is 11.6 Å². The molecule has 9 atom stereocenters. The highest BCUT2D eigenvalue weighted by Crippen LogP contribution is 2.89. The number of aliphatic hydroxyl groups excluding tert-OH is 1. The van der Waals surface area contributed by atoms with E-state index in [1.165, 1.54) is 57.8 Å². The van der Waals surface area contributed by atoms with Gasteiger partial charge in [0, 0.05) is 0 Å². The van der Waals surface area contributed by atoms with Crippen molar-refractivity contribution >= 4 is 0 Å². The molecular formula is C31H52O. The Bertz CT molecular complexity index is 792. The van der Waals surface area contributed by atoms with E-state index in [4.69, 9.17) is 0 Å². The molecule has 1 heteroatoms. The molecule has 0 heterocycles. The molecule has 0 radical (unpaired) electrons. The van der Waals surface area contributed by atoms with E-state index in [1.54, 1.807) is 5.57 Å².